The van der Waals surface area contributed by atoms with Crippen LogP contribution in [0.2, 0.25) is 5.02 Å². The number of aromatic amines is 1. The summed E-state index contributed by atoms with van der Waals surface area (Å²) in [6.45, 7) is 0.211. The molecule has 6 nitrogen and oxygen atoms in total. The van der Waals surface area contributed by atoms with Crippen LogP contribution in [0.1, 0.15) is 17.0 Å². The van der Waals surface area contributed by atoms with Crippen LogP contribution < -0.4 is 9.47 Å². The Morgan fingerprint density at radius 3 is 2.66 bits per heavy atom. The number of nitrogens with one attached hydrogen (secondary N) is 1. The van der Waals surface area contributed by atoms with Crippen LogP contribution >= 0.6 is 35.4 Å². The molecule has 0 aliphatic heterocycles. The van der Waals surface area contributed by atoms with Crippen LogP contribution in [0, 0.1) is 4.77 Å². The Morgan fingerprint density at radius 2 is 2.00 bits per heavy atom. The van der Waals surface area contributed by atoms with Crippen molar-refractivity contribution in [3.63, 3.8) is 0 Å². The smallest absolute Gasteiger partial charge is 0.383 e. The second-order valence-electron chi connectivity index (χ2n) is 5.72. The van der Waals surface area contributed by atoms with Gasteiger partial charge in [-0.1, -0.05) is 11.6 Å². The number of halogens is 4. The Bertz CT molecular complexity index is 1080. The van der Waals surface area contributed by atoms with E-state index in [4.69, 9.17) is 44.9 Å². The molecule has 3 aromatic rings. The summed E-state index contributed by atoms with van der Waals surface area (Å²) in [4.78, 5) is 0. The fraction of sp³-hybridized carbons (Fsp3) is 0.167. The predicted molar refractivity (Wildman–Crippen MR) is 109 cm³/mol. The number of alkyl halides is 3. The molecule has 3 rings (SSSR count). The molecule has 0 spiro atoms. The number of H-pyrrole nitrogens is 1. The fourth-order valence-corrected chi connectivity index (χ4v) is 2.82. The normalized spacial score (nSPS) is 11.8. The molecule has 1 heterocycles. The SMILES string of the molecule is COc1ccc(/C=N\n2c(C(F)(F)Cl)n[nH]c2=S)cc1COc1ccc(Cl)cc1. The van der Waals surface area contributed by atoms with Gasteiger partial charge in [-0.3, -0.25) is 0 Å². The van der Waals surface area contributed by atoms with Gasteiger partial charge in [0.1, 0.15) is 18.1 Å². The number of hydrogen-bond donors (Lipinski definition) is 1. The number of hydrogen-bond acceptors (Lipinski definition) is 5. The Labute approximate surface area is 179 Å². The molecule has 1 N–H and O–H groups in total. The van der Waals surface area contributed by atoms with Crippen molar-refractivity contribution >= 4 is 41.6 Å². The first-order valence-corrected chi connectivity index (χ1v) is 9.28. The Balaban J connectivity index is 1.83. The molecule has 0 aliphatic rings. The van der Waals surface area contributed by atoms with Gasteiger partial charge in [0.05, 0.1) is 13.3 Å². The van der Waals surface area contributed by atoms with Crippen LogP contribution in [0.25, 0.3) is 0 Å². The van der Waals surface area contributed by atoms with Crippen LogP contribution in [-0.4, -0.2) is 28.2 Å². The fourth-order valence-electron chi connectivity index (χ4n) is 2.39. The quantitative estimate of drug-likeness (QED) is 0.294. The predicted octanol–water partition coefficient (Wildman–Crippen LogP) is 5.35. The molecular formula is C18H14Cl2F2N4O2S. The number of methoxy groups -OCH3 is 1. The zero-order valence-corrected chi connectivity index (χ0v) is 17.2. The van der Waals surface area contributed by atoms with Crippen molar-refractivity contribution in [1.82, 2.24) is 14.9 Å². The summed E-state index contributed by atoms with van der Waals surface area (Å²) in [6, 6.07) is 12.1. The summed E-state index contributed by atoms with van der Waals surface area (Å²) in [7, 11) is 1.54. The lowest BCUT2D eigenvalue weighted by atomic mass is 10.1. The zero-order chi connectivity index (χ0) is 21.0. The van der Waals surface area contributed by atoms with Crippen LogP contribution in [0.5, 0.6) is 11.5 Å². The summed E-state index contributed by atoms with van der Waals surface area (Å²) in [5.41, 5.74) is 1.33. The Kier molecular flexibility index (Phi) is 6.51. The van der Waals surface area contributed by atoms with Gasteiger partial charge in [0, 0.05) is 10.6 Å². The van der Waals surface area contributed by atoms with Crippen LogP contribution in [0.4, 0.5) is 8.78 Å². The monoisotopic (exact) mass is 458 g/mol. The molecular weight excluding hydrogens is 445 g/mol. The molecule has 152 valence electrons. The van der Waals surface area contributed by atoms with Gasteiger partial charge < -0.3 is 9.47 Å². The molecule has 0 atom stereocenters. The van der Waals surface area contributed by atoms with Gasteiger partial charge in [0.15, 0.2) is 0 Å². The van der Waals surface area contributed by atoms with E-state index in [9.17, 15) is 8.78 Å². The van der Waals surface area contributed by atoms with Crippen LogP contribution in [0.3, 0.4) is 0 Å². The highest BCUT2D eigenvalue weighted by Crippen LogP contribution is 2.30. The van der Waals surface area contributed by atoms with E-state index < -0.39 is 11.2 Å². The molecule has 11 heteroatoms. The summed E-state index contributed by atoms with van der Waals surface area (Å²) in [5, 5.41) is 6.50. The Morgan fingerprint density at radius 1 is 1.28 bits per heavy atom. The van der Waals surface area contributed by atoms with Crippen molar-refractivity contribution < 1.29 is 18.3 Å². The number of aromatic nitrogens is 3. The number of nitrogens with zero attached hydrogens (tertiary/aromatic N) is 3. The maximum absolute atomic E-state index is 13.4. The van der Waals surface area contributed by atoms with E-state index in [-0.39, 0.29) is 11.4 Å². The number of rotatable bonds is 7. The van der Waals surface area contributed by atoms with E-state index in [1.165, 1.54) is 13.3 Å². The standard InChI is InChI=1S/C18H14Cl2F2N4O2S/c1-27-15-7-2-11(8-12(15)10-28-14-5-3-13(19)4-6-14)9-23-26-16(18(20,21)22)24-25-17(26)29/h2-9H,10H2,1H3,(H,25,29)/b23-9-. The molecule has 0 amide bonds. The lowest BCUT2D eigenvalue weighted by molar-refractivity contribution is 0.0805. The van der Waals surface area contributed by atoms with Crippen molar-refractivity contribution in [2.45, 2.75) is 12.0 Å². The molecule has 1 aromatic heterocycles. The summed E-state index contributed by atoms with van der Waals surface area (Å²) in [6.07, 6.45) is 1.35. The average Bonchev–Trinajstić information content (AvgIpc) is 3.07. The van der Waals surface area contributed by atoms with Crippen molar-refractivity contribution in [3.8, 4) is 11.5 Å². The minimum absolute atomic E-state index is 0.114. The zero-order valence-electron chi connectivity index (χ0n) is 14.9. The van der Waals surface area contributed by atoms with Crippen molar-refractivity contribution in [2.24, 2.45) is 5.10 Å². The maximum atomic E-state index is 13.4. The molecule has 0 fully saturated rings. The lowest BCUT2D eigenvalue weighted by Crippen LogP contribution is -2.11. The topological polar surface area (TPSA) is 64.4 Å². The van der Waals surface area contributed by atoms with Crippen LogP contribution in [-0.2, 0) is 12.0 Å². The molecule has 29 heavy (non-hydrogen) atoms. The first-order valence-electron chi connectivity index (χ1n) is 8.12. The van der Waals surface area contributed by atoms with Gasteiger partial charge >= 0.3 is 5.38 Å². The third-order valence-electron chi connectivity index (χ3n) is 3.74. The highest BCUT2D eigenvalue weighted by molar-refractivity contribution is 7.71. The molecule has 0 aliphatic carbocycles. The van der Waals surface area contributed by atoms with Crippen molar-refractivity contribution in [1.29, 1.82) is 0 Å². The summed E-state index contributed by atoms with van der Waals surface area (Å²) < 4.78 is 38.5. The van der Waals surface area contributed by atoms with Gasteiger partial charge in [-0.15, -0.1) is 5.10 Å². The lowest BCUT2D eigenvalue weighted by Gasteiger charge is -2.11. The van der Waals surface area contributed by atoms with E-state index in [0.717, 1.165) is 10.2 Å². The first kappa shape index (κ1) is 21.2. The molecule has 2 aromatic carbocycles. The second-order valence-corrected chi connectivity index (χ2v) is 7.02. The summed E-state index contributed by atoms with van der Waals surface area (Å²) in [5.74, 6) is 0.429. The van der Waals surface area contributed by atoms with Crippen LogP contribution in [0.15, 0.2) is 47.6 Å². The van der Waals surface area contributed by atoms with E-state index in [0.29, 0.717) is 22.1 Å². The minimum atomic E-state index is -3.72. The highest BCUT2D eigenvalue weighted by atomic mass is 35.5. The number of benzene rings is 2. The van der Waals surface area contributed by atoms with E-state index in [2.05, 4.69) is 15.3 Å². The van der Waals surface area contributed by atoms with E-state index in [1.807, 2.05) is 0 Å². The van der Waals surface area contributed by atoms with Crippen molar-refractivity contribution in [2.75, 3.05) is 7.11 Å². The molecule has 0 radical (unpaired) electrons. The van der Waals surface area contributed by atoms with E-state index in [1.54, 1.807) is 42.5 Å². The molecule has 0 unspecified atom stereocenters. The average molecular weight is 459 g/mol. The van der Waals surface area contributed by atoms with Crippen molar-refractivity contribution in [3.05, 3.63) is 69.2 Å². The largest absolute Gasteiger partial charge is 0.496 e. The summed E-state index contributed by atoms with van der Waals surface area (Å²) >= 11 is 15.8. The van der Waals surface area contributed by atoms with Gasteiger partial charge in [-0.2, -0.15) is 18.6 Å². The third-order valence-corrected chi connectivity index (χ3v) is 4.42. The molecule has 0 saturated heterocycles. The first-order chi connectivity index (χ1) is 13.8. The van der Waals surface area contributed by atoms with E-state index >= 15 is 0 Å². The number of ether oxygens (including phenoxy) is 2. The highest BCUT2D eigenvalue weighted by Gasteiger charge is 2.35. The molecule has 0 bridgehead atoms. The van der Waals surface area contributed by atoms with Gasteiger partial charge in [0.2, 0.25) is 10.6 Å². The van der Waals surface area contributed by atoms with Gasteiger partial charge in [-0.25, -0.2) is 5.10 Å². The second kappa shape index (κ2) is 8.89. The minimum Gasteiger partial charge on any atom is -0.496 e. The van der Waals surface area contributed by atoms with Gasteiger partial charge in [0.25, 0.3) is 0 Å². The third kappa shape index (κ3) is 5.31. The Hall–Kier alpha value is -2.49. The maximum Gasteiger partial charge on any atom is 0.383 e. The molecule has 0 saturated carbocycles. The van der Waals surface area contributed by atoms with Gasteiger partial charge in [-0.05, 0) is 71.8 Å².